The van der Waals surface area contributed by atoms with Gasteiger partial charge in [-0.2, -0.15) is 0 Å². The fourth-order valence-electron chi connectivity index (χ4n) is 2.84. The average Bonchev–Trinajstić information content (AvgIpc) is 3.19. The lowest BCUT2D eigenvalue weighted by Crippen LogP contribution is -2.23. The number of ether oxygens (including phenoxy) is 2. The molecule has 1 aliphatic heterocycles. The maximum absolute atomic E-state index is 13.7. The molecule has 6 nitrogen and oxygen atoms in total. The van der Waals surface area contributed by atoms with Gasteiger partial charge in [-0.15, -0.1) is 0 Å². The van der Waals surface area contributed by atoms with Crippen molar-refractivity contribution in [3.8, 4) is 11.5 Å². The quantitative estimate of drug-likeness (QED) is 0.686. The molecule has 1 aliphatic rings. The van der Waals surface area contributed by atoms with Crippen LogP contribution in [0.5, 0.6) is 11.5 Å². The molecule has 4 rings (SSSR count). The minimum Gasteiger partial charge on any atom is -0.454 e. The van der Waals surface area contributed by atoms with Gasteiger partial charge in [-0.05, 0) is 29.8 Å². The number of fused-ring (bicyclic) bond motifs is 1. The second-order valence-corrected chi connectivity index (χ2v) is 6.28. The predicted molar refractivity (Wildman–Crippen MR) is 102 cm³/mol. The van der Waals surface area contributed by atoms with Gasteiger partial charge in [0.05, 0.1) is 11.3 Å². The van der Waals surface area contributed by atoms with Crippen LogP contribution < -0.4 is 20.1 Å². The monoisotopic (exact) mass is 379 g/mol. The Kier molecular flexibility index (Phi) is 5.05. The average molecular weight is 379 g/mol. The Morgan fingerprint density at radius 1 is 1.04 bits per heavy atom. The number of nitrogens with one attached hydrogen (secondary N) is 2. The summed E-state index contributed by atoms with van der Waals surface area (Å²) in [7, 11) is 0. The highest BCUT2D eigenvalue weighted by Crippen LogP contribution is 2.32. The maximum atomic E-state index is 13.7. The summed E-state index contributed by atoms with van der Waals surface area (Å²) in [5.41, 5.74) is 2.54. The standard InChI is InChI=1S/C21H18FN3O3/c22-18-4-2-1-3-15(18)11-25-21(26)16-8-17(12-23-10-16)24-9-14-5-6-19-20(7-14)28-13-27-19/h1-8,10,12,24H,9,11,13H2,(H,25,26). The molecule has 28 heavy (non-hydrogen) atoms. The number of hydrogen-bond acceptors (Lipinski definition) is 5. The van der Waals surface area contributed by atoms with E-state index >= 15 is 0 Å². The van der Waals surface area contributed by atoms with Crippen molar-refractivity contribution < 1.29 is 18.7 Å². The summed E-state index contributed by atoms with van der Waals surface area (Å²) in [5.74, 6) is 0.792. The normalized spacial score (nSPS) is 11.9. The van der Waals surface area contributed by atoms with Gasteiger partial charge >= 0.3 is 0 Å². The van der Waals surface area contributed by atoms with Crippen LogP contribution in [0.1, 0.15) is 21.5 Å². The van der Waals surface area contributed by atoms with Crippen molar-refractivity contribution >= 4 is 11.6 Å². The molecule has 0 atom stereocenters. The van der Waals surface area contributed by atoms with E-state index in [1.165, 1.54) is 12.3 Å². The fourth-order valence-corrected chi connectivity index (χ4v) is 2.84. The highest BCUT2D eigenvalue weighted by molar-refractivity contribution is 5.94. The summed E-state index contributed by atoms with van der Waals surface area (Å²) in [4.78, 5) is 16.5. The summed E-state index contributed by atoms with van der Waals surface area (Å²) >= 11 is 0. The summed E-state index contributed by atoms with van der Waals surface area (Å²) in [6.07, 6.45) is 3.11. The highest BCUT2D eigenvalue weighted by atomic mass is 19.1. The number of carbonyl (C=O) groups is 1. The molecule has 0 radical (unpaired) electrons. The van der Waals surface area contributed by atoms with Crippen molar-refractivity contribution in [1.29, 1.82) is 0 Å². The predicted octanol–water partition coefficient (Wildman–Crippen LogP) is 3.49. The Morgan fingerprint density at radius 2 is 1.89 bits per heavy atom. The van der Waals surface area contributed by atoms with Gasteiger partial charge < -0.3 is 20.1 Å². The van der Waals surface area contributed by atoms with Gasteiger partial charge in [0.25, 0.3) is 5.91 Å². The van der Waals surface area contributed by atoms with Crippen molar-refractivity contribution in [2.24, 2.45) is 0 Å². The number of aromatic nitrogens is 1. The molecule has 1 aromatic heterocycles. The van der Waals surface area contributed by atoms with Gasteiger partial charge in [0.2, 0.25) is 6.79 Å². The second kappa shape index (κ2) is 7.96. The number of benzene rings is 2. The molecular formula is C21H18FN3O3. The first-order chi connectivity index (χ1) is 13.7. The number of halogens is 1. The largest absolute Gasteiger partial charge is 0.454 e. The Bertz CT molecular complexity index is 1010. The van der Waals surface area contributed by atoms with Crippen LogP contribution in [0.25, 0.3) is 0 Å². The van der Waals surface area contributed by atoms with Crippen molar-refractivity contribution in [3.05, 3.63) is 83.4 Å². The number of pyridine rings is 1. The summed E-state index contributed by atoms with van der Waals surface area (Å²) < 4.78 is 24.3. The molecule has 7 heteroatoms. The van der Waals surface area contributed by atoms with E-state index in [0.29, 0.717) is 23.4 Å². The van der Waals surface area contributed by atoms with Crippen molar-refractivity contribution in [2.75, 3.05) is 12.1 Å². The molecule has 0 saturated heterocycles. The number of amides is 1. The number of nitrogens with zero attached hydrogens (tertiary/aromatic N) is 1. The Morgan fingerprint density at radius 3 is 2.79 bits per heavy atom. The molecule has 3 aromatic rings. The lowest BCUT2D eigenvalue weighted by molar-refractivity contribution is 0.0950. The first-order valence-corrected chi connectivity index (χ1v) is 8.78. The minimum absolute atomic E-state index is 0.111. The molecular weight excluding hydrogens is 361 g/mol. The Hall–Kier alpha value is -3.61. The van der Waals surface area contributed by atoms with E-state index in [1.807, 2.05) is 18.2 Å². The first kappa shape index (κ1) is 17.8. The third kappa shape index (κ3) is 4.03. The third-order valence-corrected chi connectivity index (χ3v) is 4.33. The molecule has 0 bridgehead atoms. The summed E-state index contributed by atoms with van der Waals surface area (Å²) in [5, 5.41) is 5.94. The highest BCUT2D eigenvalue weighted by Gasteiger charge is 2.13. The zero-order valence-corrected chi connectivity index (χ0v) is 14.9. The van der Waals surface area contributed by atoms with E-state index in [4.69, 9.17) is 9.47 Å². The number of carbonyl (C=O) groups excluding carboxylic acids is 1. The summed E-state index contributed by atoms with van der Waals surface area (Å²) in [6.45, 7) is 0.888. The van der Waals surface area contributed by atoms with Crippen LogP contribution >= 0.6 is 0 Å². The first-order valence-electron chi connectivity index (χ1n) is 8.78. The van der Waals surface area contributed by atoms with Gasteiger partial charge in [0.15, 0.2) is 11.5 Å². The van der Waals surface area contributed by atoms with Gasteiger partial charge in [-0.3, -0.25) is 9.78 Å². The van der Waals surface area contributed by atoms with E-state index in [-0.39, 0.29) is 25.1 Å². The van der Waals surface area contributed by atoms with Crippen LogP contribution in [-0.2, 0) is 13.1 Å². The number of hydrogen-bond donors (Lipinski definition) is 2. The zero-order chi connectivity index (χ0) is 19.3. The molecule has 142 valence electrons. The molecule has 0 fully saturated rings. The topological polar surface area (TPSA) is 72.5 Å². The van der Waals surface area contributed by atoms with Crippen LogP contribution in [0.2, 0.25) is 0 Å². The van der Waals surface area contributed by atoms with Crippen molar-refractivity contribution in [2.45, 2.75) is 13.1 Å². The van der Waals surface area contributed by atoms with E-state index in [0.717, 1.165) is 17.1 Å². The smallest absolute Gasteiger partial charge is 0.253 e. The Labute approximate surface area is 161 Å². The van der Waals surface area contributed by atoms with E-state index in [2.05, 4.69) is 15.6 Å². The second-order valence-electron chi connectivity index (χ2n) is 6.28. The lowest BCUT2D eigenvalue weighted by atomic mass is 10.2. The van der Waals surface area contributed by atoms with Gasteiger partial charge in [-0.1, -0.05) is 24.3 Å². The van der Waals surface area contributed by atoms with Crippen molar-refractivity contribution in [1.82, 2.24) is 10.3 Å². The van der Waals surface area contributed by atoms with Crippen LogP contribution in [0, 0.1) is 5.82 Å². The number of anilines is 1. The fraction of sp³-hybridized carbons (Fsp3) is 0.143. The molecule has 2 heterocycles. The van der Waals surface area contributed by atoms with E-state index < -0.39 is 0 Å². The lowest BCUT2D eigenvalue weighted by Gasteiger charge is -2.09. The zero-order valence-electron chi connectivity index (χ0n) is 14.9. The molecule has 0 spiro atoms. The van der Waals surface area contributed by atoms with Crippen LogP contribution in [-0.4, -0.2) is 17.7 Å². The van der Waals surface area contributed by atoms with E-state index in [9.17, 15) is 9.18 Å². The molecule has 2 aromatic carbocycles. The molecule has 2 N–H and O–H groups in total. The summed E-state index contributed by atoms with van der Waals surface area (Å²) in [6, 6.07) is 13.8. The SMILES string of the molecule is O=C(NCc1ccccc1F)c1cncc(NCc2ccc3c(c2)OCO3)c1. The molecule has 0 saturated carbocycles. The maximum Gasteiger partial charge on any atom is 0.253 e. The van der Waals surface area contributed by atoms with Gasteiger partial charge in [0.1, 0.15) is 5.82 Å². The molecule has 1 amide bonds. The van der Waals surface area contributed by atoms with Crippen LogP contribution in [0.3, 0.4) is 0 Å². The van der Waals surface area contributed by atoms with Crippen molar-refractivity contribution in [3.63, 3.8) is 0 Å². The Balaban J connectivity index is 1.37. The van der Waals surface area contributed by atoms with E-state index in [1.54, 1.807) is 30.5 Å². The van der Waals surface area contributed by atoms with Gasteiger partial charge in [-0.25, -0.2) is 4.39 Å². The van der Waals surface area contributed by atoms with Crippen LogP contribution in [0.15, 0.2) is 60.9 Å². The molecule has 0 unspecified atom stereocenters. The number of rotatable bonds is 6. The van der Waals surface area contributed by atoms with Gasteiger partial charge in [0, 0.05) is 31.0 Å². The van der Waals surface area contributed by atoms with Crippen LogP contribution in [0.4, 0.5) is 10.1 Å². The minimum atomic E-state index is -0.347. The third-order valence-electron chi connectivity index (χ3n) is 4.33. The molecule has 0 aliphatic carbocycles.